The first-order chi connectivity index (χ1) is 12.4. The number of ether oxygens (including phenoxy) is 2. The largest absolute Gasteiger partial charge is 0.419 e. The summed E-state index contributed by atoms with van der Waals surface area (Å²) in [6, 6.07) is 11.7. The van der Waals surface area contributed by atoms with Crippen LogP contribution in [-0.4, -0.2) is 22.7 Å². The highest BCUT2D eigenvalue weighted by molar-refractivity contribution is 6.15. The molecule has 1 aromatic carbocycles. The molecule has 0 bridgehead atoms. The zero-order chi connectivity index (χ0) is 18.6. The van der Waals surface area contributed by atoms with E-state index >= 15 is 0 Å². The molecule has 0 atom stereocenters. The second kappa shape index (κ2) is 7.39. The van der Waals surface area contributed by atoms with E-state index in [4.69, 9.17) is 9.47 Å². The maximum Gasteiger partial charge on any atom is 0.350 e. The van der Waals surface area contributed by atoms with Crippen LogP contribution in [0.5, 0.6) is 0 Å². The first-order valence-electron chi connectivity index (χ1n) is 8.35. The highest BCUT2D eigenvalue weighted by atomic mass is 16.7. The number of nitrogens with one attached hydrogen (secondary N) is 1. The van der Waals surface area contributed by atoms with Crippen molar-refractivity contribution in [2.45, 2.75) is 32.5 Å². The molecule has 0 saturated carbocycles. The molecule has 0 spiro atoms. The third kappa shape index (κ3) is 4.27. The molecule has 2 aromatic rings. The monoisotopic (exact) mass is 352 g/mol. The number of aromatic nitrogens is 1. The second-order valence-corrected chi connectivity index (χ2v) is 6.39. The Bertz CT molecular complexity index is 822. The minimum Gasteiger partial charge on any atom is -0.419 e. The fourth-order valence-corrected chi connectivity index (χ4v) is 2.64. The molecule has 2 heterocycles. The molecule has 0 aliphatic carbocycles. The maximum atomic E-state index is 12.0. The SMILES string of the molecule is CC1(C)OC(=O)C(=CNc2ccccc2CCc2ccncc2)C(=O)O1. The third-order valence-corrected chi connectivity index (χ3v) is 3.94. The van der Waals surface area contributed by atoms with Gasteiger partial charge in [0, 0.05) is 38.1 Å². The Morgan fingerprint density at radius 2 is 1.65 bits per heavy atom. The number of carbonyl (C=O) groups is 2. The summed E-state index contributed by atoms with van der Waals surface area (Å²) in [5, 5.41) is 3.03. The van der Waals surface area contributed by atoms with Gasteiger partial charge in [0.15, 0.2) is 5.57 Å². The molecule has 1 N–H and O–H groups in total. The number of esters is 2. The van der Waals surface area contributed by atoms with Gasteiger partial charge in [0.1, 0.15) is 0 Å². The highest BCUT2D eigenvalue weighted by Crippen LogP contribution is 2.23. The molecule has 134 valence electrons. The fraction of sp³-hybridized carbons (Fsp3) is 0.250. The molecular formula is C20H20N2O4. The van der Waals surface area contributed by atoms with Gasteiger partial charge in [-0.15, -0.1) is 0 Å². The second-order valence-electron chi connectivity index (χ2n) is 6.39. The fourth-order valence-electron chi connectivity index (χ4n) is 2.64. The van der Waals surface area contributed by atoms with Crippen molar-refractivity contribution >= 4 is 17.6 Å². The van der Waals surface area contributed by atoms with Crippen LogP contribution in [0, 0.1) is 0 Å². The van der Waals surface area contributed by atoms with Gasteiger partial charge in [0.2, 0.25) is 0 Å². The molecule has 3 rings (SSSR count). The summed E-state index contributed by atoms with van der Waals surface area (Å²) in [7, 11) is 0. The van der Waals surface area contributed by atoms with Crippen molar-refractivity contribution in [2.75, 3.05) is 5.32 Å². The van der Waals surface area contributed by atoms with Crippen molar-refractivity contribution in [3.63, 3.8) is 0 Å². The molecule has 6 heteroatoms. The number of pyridine rings is 1. The Balaban J connectivity index is 1.72. The summed E-state index contributed by atoms with van der Waals surface area (Å²) >= 11 is 0. The molecular weight excluding hydrogens is 332 g/mol. The normalized spacial score (nSPS) is 15.8. The van der Waals surface area contributed by atoms with Crippen LogP contribution in [0.15, 0.2) is 60.6 Å². The maximum absolute atomic E-state index is 12.0. The van der Waals surface area contributed by atoms with E-state index in [0.29, 0.717) is 0 Å². The third-order valence-electron chi connectivity index (χ3n) is 3.94. The van der Waals surface area contributed by atoms with Crippen molar-refractivity contribution in [2.24, 2.45) is 0 Å². The lowest BCUT2D eigenvalue weighted by Crippen LogP contribution is -2.42. The summed E-state index contributed by atoms with van der Waals surface area (Å²) in [6.45, 7) is 3.03. The van der Waals surface area contributed by atoms with E-state index in [1.807, 2.05) is 36.4 Å². The number of cyclic esters (lactones) is 2. The van der Waals surface area contributed by atoms with Crippen LogP contribution in [0.4, 0.5) is 5.69 Å². The summed E-state index contributed by atoms with van der Waals surface area (Å²) in [5.74, 6) is -2.64. The van der Waals surface area contributed by atoms with Gasteiger partial charge >= 0.3 is 11.9 Å². The standard InChI is InChI=1S/C20H20N2O4/c1-20(2)25-18(23)16(19(24)26-20)13-22-17-6-4-3-5-15(17)8-7-14-9-11-21-12-10-14/h3-6,9-13,22H,7-8H2,1-2H3. The van der Waals surface area contributed by atoms with Crippen LogP contribution >= 0.6 is 0 Å². The van der Waals surface area contributed by atoms with Gasteiger partial charge in [-0.2, -0.15) is 0 Å². The number of anilines is 1. The van der Waals surface area contributed by atoms with E-state index in [1.165, 1.54) is 25.6 Å². The summed E-state index contributed by atoms with van der Waals surface area (Å²) in [4.78, 5) is 28.0. The minimum absolute atomic E-state index is 0.159. The molecule has 1 aromatic heterocycles. The van der Waals surface area contributed by atoms with Crippen LogP contribution in [-0.2, 0) is 31.9 Å². The summed E-state index contributed by atoms with van der Waals surface area (Å²) in [5.41, 5.74) is 2.92. The first-order valence-corrected chi connectivity index (χ1v) is 8.35. The predicted octanol–water partition coefficient (Wildman–Crippen LogP) is 3.00. The Kier molecular flexibility index (Phi) is 5.02. The predicted molar refractivity (Wildman–Crippen MR) is 96.1 cm³/mol. The summed E-state index contributed by atoms with van der Waals surface area (Å²) < 4.78 is 10.2. The van der Waals surface area contributed by atoms with Crippen LogP contribution in [0.25, 0.3) is 0 Å². The van der Waals surface area contributed by atoms with Gasteiger partial charge in [-0.05, 0) is 42.2 Å². The molecule has 0 amide bonds. The summed E-state index contributed by atoms with van der Waals surface area (Å²) in [6.07, 6.45) is 6.54. The first kappa shape index (κ1) is 17.7. The van der Waals surface area contributed by atoms with Crippen molar-refractivity contribution in [3.8, 4) is 0 Å². The number of nitrogens with zero attached hydrogens (tertiary/aromatic N) is 1. The lowest BCUT2D eigenvalue weighted by molar-refractivity contribution is -0.222. The molecule has 1 aliphatic rings. The van der Waals surface area contributed by atoms with Crippen molar-refractivity contribution < 1.29 is 19.1 Å². The van der Waals surface area contributed by atoms with E-state index in [2.05, 4.69) is 10.3 Å². The van der Waals surface area contributed by atoms with E-state index < -0.39 is 17.7 Å². The number of rotatable bonds is 5. The van der Waals surface area contributed by atoms with E-state index in [-0.39, 0.29) is 5.57 Å². The Morgan fingerprint density at radius 3 is 2.35 bits per heavy atom. The van der Waals surface area contributed by atoms with Crippen LogP contribution < -0.4 is 5.32 Å². The van der Waals surface area contributed by atoms with E-state index in [1.54, 1.807) is 12.4 Å². The quantitative estimate of drug-likeness (QED) is 0.506. The Labute approximate surface area is 151 Å². The molecule has 6 nitrogen and oxygen atoms in total. The molecule has 1 fully saturated rings. The Hall–Kier alpha value is -3.15. The number of para-hydroxylation sites is 1. The van der Waals surface area contributed by atoms with Gasteiger partial charge in [0.05, 0.1) is 0 Å². The number of carbonyl (C=O) groups excluding carboxylic acids is 2. The molecule has 26 heavy (non-hydrogen) atoms. The molecule has 0 radical (unpaired) electrons. The number of hydrogen-bond acceptors (Lipinski definition) is 6. The van der Waals surface area contributed by atoms with Crippen LogP contribution in [0.1, 0.15) is 25.0 Å². The molecule has 0 unspecified atom stereocenters. The van der Waals surface area contributed by atoms with Gasteiger partial charge in [-0.1, -0.05) is 18.2 Å². The zero-order valence-electron chi connectivity index (χ0n) is 14.7. The zero-order valence-corrected chi connectivity index (χ0v) is 14.7. The van der Waals surface area contributed by atoms with Gasteiger partial charge < -0.3 is 14.8 Å². The minimum atomic E-state index is -1.24. The lowest BCUT2D eigenvalue weighted by Gasteiger charge is -2.29. The average Bonchev–Trinajstić information content (AvgIpc) is 2.60. The van der Waals surface area contributed by atoms with E-state index in [0.717, 1.165) is 24.1 Å². The smallest absolute Gasteiger partial charge is 0.350 e. The van der Waals surface area contributed by atoms with Crippen molar-refractivity contribution in [1.29, 1.82) is 0 Å². The van der Waals surface area contributed by atoms with Gasteiger partial charge in [0.25, 0.3) is 5.79 Å². The van der Waals surface area contributed by atoms with Crippen molar-refractivity contribution in [3.05, 3.63) is 71.7 Å². The molecule has 1 saturated heterocycles. The van der Waals surface area contributed by atoms with Gasteiger partial charge in [-0.3, -0.25) is 4.98 Å². The number of benzene rings is 1. The van der Waals surface area contributed by atoms with E-state index in [9.17, 15) is 9.59 Å². The lowest BCUT2D eigenvalue weighted by atomic mass is 10.0. The number of aryl methyl sites for hydroxylation is 2. The van der Waals surface area contributed by atoms with Crippen LogP contribution in [0.3, 0.4) is 0 Å². The molecule has 1 aliphatic heterocycles. The van der Waals surface area contributed by atoms with Crippen LogP contribution in [0.2, 0.25) is 0 Å². The highest BCUT2D eigenvalue weighted by Gasteiger charge is 2.38. The number of hydrogen-bond donors (Lipinski definition) is 1. The average molecular weight is 352 g/mol. The van der Waals surface area contributed by atoms with Gasteiger partial charge in [-0.25, -0.2) is 9.59 Å². The topological polar surface area (TPSA) is 77.5 Å². The van der Waals surface area contributed by atoms with Crippen molar-refractivity contribution in [1.82, 2.24) is 4.98 Å². The Morgan fingerprint density at radius 1 is 1.00 bits per heavy atom.